The topological polar surface area (TPSA) is 78.5 Å². The Morgan fingerprint density at radius 1 is 1.19 bits per heavy atom. The first-order valence-electron chi connectivity index (χ1n) is 7.00. The lowest BCUT2D eigenvalue weighted by Crippen LogP contribution is -2.32. The van der Waals surface area contributed by atoms with Gasteiger partial charge in [-0.25, -0.2) is 8.42 Å². The molecule has 0 fully saturated rings. The number of carbonyl (C=O) groups excluding carboxylic acids is 1. The van der Waals surface area contributed by atoms with Gasteiger partial charge in [-0.15, -0.1) is 0 Å². The fourth-order valence-electron chi connectivity index (χ4n) is 1.91. The lowest BCUT2D eigenvalue weighted by Gasteiger charge is -2.18. The quantitative estimate of drug-likeness (QED) is 0.691. The van der Waals surface area contributed by atoms with Gasteiger partial charge in [0, 0.05) is 31.7 Å². The Hall–Kier alpha value is -1.44. The molecule has 118 valence electrons. The fraction of sp³-hybridized carbons (Fsp3) is 0.500. The Morgan fingerprint density at radius 3 is 2.43 bits per heavy atom. The minimum atomic E-state index is -3.54. The number of hydrogen-bond donors (Lipinski definition) is 2. The van der Waals surface area contributed by atoms with Gasteiger partial charge >= 0.3 is 0 Å². The molecule has 0 saturated carbocycles. The van der Waals surface area contributed by atoms with Crippen molar-refractivity contribution in [1.82, 2.24) is 14.9 Å². The van der Waals surface area contributed by atoms with Crippen LogP contribution in [0.2, 0.25) is 0 Å². The summed E-state index contributed by atoms with van der Waals surface area (Å²) >= 11 is 0. The summed E-state index contributed by atoms with van der Waals surface area (Å²) in [6, 6.07) is 6.12. The molecule has 1 amide bonds. The summed E-state index contributed by atoms with van der Waals surface area (Å²) in [5, 5.41) is 5.65. The van der Waals surface area contributed by atoms with Gasteiger partial charge in [0.05, 0.1) is 4.90 Å². The van der Waals surface area contributed by atoms with Crippen molar-refractivity contribution in [1.29, 1.82) is 0 Å². The molecule has 0 aliphatic rings. The molecule has 21 heavy (non-hydrogen) atoms. The first-order chi connectivity index (χ1) is 9.97. The average Bonchev–Trinajstić information content (AvgIpc) is 2.48. The second-order valence-corrected chi connectivity index (χ2v) is 6.41. The van der Waals surface area contributed by atoms with Crippen LogP contribution in [0.1, 0.15) is 24.2 Å². The molecule has 0 saturated heterocycles. The SMILES string of the molecule is CCN(CC)S(=O)(=O)c1cccc(C(=O)NCCNC)c1. The number of nitrogens with zero attached hydrogens (tertiary/aromatic N) is 1. The zero-order valence-corrected chi connectivity index (χ0v) is 13.5. The van der Waals surface area contributed by atoms with Crippen molar-refractivity contribution < 1.29 is 13.2 Å². The van der Waals surface area contributed by atoms with E-state index in [4.69, 9.17) is 0 Å². The van der Waals surface area contributed by atoms with Crippen molar-refractivity contribution in [3.05, 3.63) is 29.8 Å². The minimum Gasteiger partial charge on any atom is -0.351 e. The van der Waals surface area contributed by atoms with E-state index in [1.54, 1.807) is 33.0 Å². The molecule has 0 heterocycles. The van der Waals surface area contributed by atoms with E-state index in [0.717, 1.165) is 0 Å². The second kappa shape index (κ2) is 8.11. The maximum Gasteiger partial charge on any atom is 0.251 e. The standard InChI is InChI=1S/C14H23N3O3S/c1-4-17(5-2)21(19,20)13-8-6-7-12(11-13)14(18)16-10-9-15-3/h6-8,11,15H,4-5,9-10H2,1-3H3,(H,16,18). The highest BCUT2D eigenvalue weighted by Crippen LogP contribution is 2.16. The molecule has 0 aliphatic heterocycles. The van der Waals surface area contributed by atoms with Crippen molar-refractivity contribution in [2.45, 2.75) is 18.7 Å². The molecule has 0 aliphatic carbocycles. The van der Waals surface area contributed by atoms with E-state index in [9.17, 15) is 13.2 Å². The number of benzene rings is 1. The number of likely N-dealkylation sites (N-methyl/N-ethyl adjacent to an activating group) is 1. The number of hydrogen-bond acceptors (Lipinski definition) is 4. The van der Waals surface area contributed by atoms with E-state index in [-0.39, 0.29) is 10.8 Å². The monoisotopic (exact) mass is 313 g/mol. The smallest absolute Gasteiger partial charge is 0.251 e. The minimum absolute atomic E-state index is 0.146. The Morgan fingerprint density at radius 2 is 1.86 bits per heavy atom. The van der Waals surface area contributed by atoms with Gasteiger partial charge < -0.3 is 10.6 Å². The number of amides is 1. The highest BCUT2D eigenvalue weighted by atomic mass is 32.2. The molecule has 0 radical (unpaired) electrons. The van der Waals surface area contributed by atoms with Crippen molar-refractivity contribution in [3.63, 3.8) is 0 Å². The van der Waals surface area contributed by atoms with Crippen LogP contribution in [-0.2, 0) is 10.0 Å². The maximum atomic E-state index is 12.4. The molecule has 0 bridgehead atoms. The van der Waals surface area contributed by atoms with Crippen LogP contribution in [0.5, 0.6) is 0 Å². The number of rotatable bonds is 8. The fourth-order valence-corrected chi connectivity index (χ4v) is 3.42. The highest BCUT2D eigenvalue weighted by Gasteiger charge is 2.22. The maximum absolute atomic E-state index is 12.4. The Balaban J connectivity index is 2.97. The predicted molar refractivity (Wildman–Crippen MR) is 82.8 cm³/mol. The first-order valence-corrected chi connectivity index (χ1v) is 8.44. The Bertz CT molecular complexity index is 569. The second-order valence-electron chi connectivity index (χ2n) is 4.48. The van der Waals surface area contributed by atoms with Gasteiger partial charge in [0.1, 0.15) is 0 Å². The average molecular weight is 313 g/mol. The predicted octanol–water partition coefficient (Wildman–Crippen LogP) is 0.666. The van der Waals surface area contributed by atoms with Crippen molar-refractivity contribution in [2.24, 2.45) is 0 Å². The largest absolute Gasteiger partial charge is 0.351 e. The molecule has 0 atom stereocenters. The Kier molecular flexibility index (Phi) is 6.80. The summed E-state index contributed by atoms with van der Waals surface area (Å²) in [6.07, 6.45) is 0. The van der Waals surface area contributed by atoms with Crippen LogP contribution in [0.3, 0.4) is 0 Å². The van der Waals surface area contributed by atoms with E-state index < -0.39 is 10.0 Å². The molecule has 2 N–H and O–H groups in total. The van der Waals surface area contributed by atoms with Crippen molar-refractivity contribution >= 4 is 15.9 Å². The summed E-state index contributed by atoms with van der Waals surface area (Å²) in [7, 11) is -1.75. The normalized spacial score (nSPS) is 11.6. The van der Waals surface area contributed by atoms with Crippen LogP contribution in [0, 0.1) is 0 Å². The molecule has 0 spiro atoms. The van der Waals surface area contributed by atoms with E-state index in [0.29, 0.717) is 31.7 Å². The summed E-state index contributed by atoms with van der Waals surface area (Å²) in [6.45, 7) is 5.52. The van der Waals surface area contributed by atoms with Crippen molar-refractivity contribution in [3.8, 4) is 0 Å². The van der Waals surface area contributed by atoms with Gasteiger partial charge in [0.25, 0.3) is 5.91 Å². The van der Waals surface area contributed by atoms with Gasteiger partial charge in [-0.3, -0.25) is 4.79 Å². The molecule has 1 aromatic carbocycles. The molecule has 0 unspecified atom stereocenters. The zero-order valence-electron chi connectivity index (χ0n) is 12.7. The Labute approximate surface area is 126 Å². The zero-order chi connectivity index (χ0) is 15.9. The number of sulfonamides is 1. The lowest BCUT2D eigenvalue weighted by atomic mass is 10.2. The number of carbonyl (C=O) groups is 1. The molecule has 0 aromatic heterocycles. The third kappa shape index (κ3) is 4.52. The van der Waals surface area contributed by atoms with E-state index in [1.807, 2.05) is 0 Å². The van der Waals surface area contributed by atoms with Crippen LogP contribution in [0.15, 0.2) is 29.2 Å². The summed E-state index contributed by atoms with van der Waals surface area (Å²) < 4.78 is 26.2. The van der Waals surface area contributed by atoms with Gasteiger partial charge in [-0.1, -0.05) is 19.9 Å². The summed E-state index contributed by atoms with van der Waals surface area (Å²) in [5.41, 5.74) is 0.347. The summed E-state index contributed by atoms with van der Waals surface area (Å²) in [5.74, 6) is -0.276. The van der Waals surface area contributed by atoms with Gasteiger partial charge in [-0.2, -0.15) is 4.31 Å². The molecule has 6 nitrogen and oxygen atoms in total. The number of nitrogens with one attached hydrogen (secondary N) is 2. The molecule has 1 rings (SSSR count). The molecular weight excluding hydrogens is 290 g/mol. The molecule has 1 aromatic rings. The van der Waals surface area contributed by atoms with E-state index in [1.165, 1.54) is 16.4 Å². The van der Waals surface area contributed by atoms with Crippen molar-refractivity contribution in [2.75, 3.05) is 33.2 Å². The molecular formula is C14H23N3O3S. The van der Waals surface area contributed by atoms with Gasteiger partial charge in [-0.05, 0) is 25.2 Å². The molecule has 7 heteroatoms. The third-order valence-electron chi connectivity index (χ3n) is 3.10. The van der Waals surface area contributed by atoms with Crippen LogP contribution >= 0.6 is 0 Å². The van der Waals surface area contributed by atoms with Crippen LogP contribution < -0.4 is 10.6 Å². The van der Waals surface area contributed by atoms with Crippen LogP contribution in [0.4, 0.5) is 0 Å². The van der Waals surface area contributed by atoms with Crippen LogP contribution in [0.25, 0.3) is 0 Å². The highest BCUT2D eigenvalue weighted by molar-refractivity contribution is 7.89. The first kappa shape index (κ1) is 17.6. The van der Waals surface area contributed by atoms with Gasteiger partial charge in [0.2, 0.25) is 10.0 Å². The van der Waals surface area contributed by atoms with E-state index in [2.05, 4.69) is 10.6 Å². The summed E-state index contributed by atoms with van der Waals surface area (Å²) in [4.78, 5) is 12.1. The van der Waals surface area contributed by atoms with Crippen LogP contribution in [-0.4, -0.2) is 51.9 Å². The van der Waals surface area contributed by atoms with Gasteiger partial charge in [0.15, 0.2) is 0 Å². The third-order valence-corrected chi connectivity index (χ3v) is 5.15. The van der Waals surface area contributed by atoms with E-state index >= 15 is 0 Å². The lowest BCUT2D eigenvalue weighted by molar-refractivity contribution is 0.0954.